The number of rotatable bonds is 4. The van der Waals surface area contributed by atoms with E-state index in [1.165, 1.54) is 0 Å². The third-order valence-corrected chi connectivity index (χ3v) is 3.84. The minimum Gasteiger partial charge on any atom is -0.321 e. The molecule has 0 radical (unpaired) electrons. The Morgan fingerprint density at radius 3 is 2.94 bits per heavy atom. The largest absolute Gasteiger partial charge is 0.321 e. The molecule has 2 unspecified atom stereocenters. The Bertz CT molecular complexity index is 375. The lowest BCUT2D eigenvalue weighted by Crippen LogP contribution is -2.54. The van der Waals surface area contributed by atoms with E-state index in [1.54, 1.807) is 0 Å². The summed E-state index contributed by atoms with van der Waals surface area (Å²) < 4.78 is 2.05. The second-order valence-electron chi connectivity index (χ2n) is 5.32. The molecular formula is C13H25N5. The molecular weight excluding hydrogens is 226 g/mol. The van der Waals surface area contributed by atoms with E-state index in [9.17, 15) is 0 Å². The summed E-state index contributed by atoms with van der Waals surface area (Å²) in [5, 5.41) is 4.37. The maximum atomic E-state index is 6.47. The van der Waals surface area contributed by atoms with Crippen molar-refractivity contribution in [1.29, 1.82) is 0 Å². The van der Waals surface area contributed by atoms with Crippen molar-refractivity contribution in [3.05, 3.63) is 18.0 Å². The minimum atomic E-state index is 0.0341. The molecule has 0 aliphatic carbocycles. The van der Waals surface area contributed by atoms with E-state index >= 15 is 0 Å². The number of likely N-dealkylation sites (N-methyl/N-ethyl adjacent to an activating group) is 2. The predicted octanol–water partition coefficient (Wildman–Crippen LogP) is 0.539. The molecule has 1 aliphatic rings. The van der Waals surface area contributed by atoms with Gasteiger partial charge < -0.3 is 10.6 Å². The lowest BCUT2D eigenvalue weighted by Gasteiger charge is -2.40. The van der Waals surface area contributed by atoms with Crippen LogP contribution in [0.25, 0.3) is 0 Å². The number of hydrogen-bond acceptors (Lipinski definition) is 4. The summed E-state index contributed by atoms with van der Waals surface area (Å²) in [5.41, 5.74) is 7.63. The van der Waals surface area contributed by atoms with Crippen LogP contribution in [0.5, 0.6) is 0 Å². The van der Waals surface area contributed by atoms with Crippen molar-refractivity contribution < 1.29 is 0 Å². The highest BCUT2D eigenvalue weighted by molar-refractivity contribution is 5.10. The van der Waals surface area contributed by atoms with Gasteiger partial charge >= 0.3 is 0 Å². The quantitative estimate of drug-likeness (QED) is 0.848. The van der Waals surface area contributed by atoms with Gasteiger partial charge in [-0.15, -0.1) is 0 Å². The van der Waals surface area contributed by atoms with Crippen LogP contribution >= 0.6 is 0 Å². The van der Waals surface area contributed by atoms with Crippen LogP contribution in [-0.4, -0.2) is 59.4 Å². The summed E-state index contributed by atoms with van der Waals surface area (Å²) in [6.07, 6.45) is 2.94. The standard InChI is InChI=1S/C13H25N5/c1-4-7-18-11(5-6-15-18)13(14)12-10-16(2)8-9-17(12)3/h5-6,12-13H,4,7-10,14H2,1-3H3. The summed E-state index contributed by atoms with van der Waals surface area (Å²) in [6.45, 7) is 6.33. The molecule has 1 aromatic rings. The number of aromatic nitrogens is 2. The van der Waals surface area contributed by atoms with E-state index in [1.807, 2.05) is 10.9 Å². The van der Waals surface area contributed by atoms with Gasteiger partial charge in [-0.1, -0.05) is 6.92 Å². The van der Waals surface area contributed by atoms with Crippen LogP contribution < -0.4 is 5.73 Å². The van der Waals surface area contributed by atoms with Gasteiger partial charge in [-0.2, -0.15) is 5.10 Å². The van der Waals surface area contributed by atoms with Crippen molar-refractivity contribution in [2.45, 2.75) is 32.0 Å². The monoisotopic (exact) mass is 251 g/mol. The molecule has 0 amide bonds. The molecule has 0 saturated carbocycles. The molecule has 0 bridgehead atoms. The summed E-state index contributed by atoms with van der Waals surface area (Å²) >= 11 is 0. The van der Waals surface area contributed by atoms with Crippen molar-refractivity contribution in [3.8, 4) is 0 Å². The van der Waals surface area contributed by atoms with Crippen molar-refractivity contribution in [2.75, 3.05) is 33.7 Å². The lowest BCUT2D eigenvalue weighted by atomic mass is 10.0. The molecule has 1 fully saturated rings. The Kier molecular flexibility index (Phi) is 4.37. The SMILES string of the molecule is CCCn1nccc1C(N)C1CN(C)CCN1C. The third-order valence-electron chi connectivity index (χ3n) is 3.84. The van der Waals surface area contributed by atoms with E-state index in [0.29, 0.717) is 6.04 Å². The molecule has 0 aromatic carbocycles. The minimum absolute atomic E-state index is 0.0341. The Morgan fingerprint density at radius 2 is 2.22 bits per heavy atom. The zero-order chi connectivity index (χ0) is 13.1. The van der Waals surface area contributed by atoms with Crippen molar-refractivity contribution in [2.24, 2.45) is 5.73 Å². The molecule has 0 spiro atoms. The molecule has 18 heavy (non-hydrogen) atoms. The van der Waals surface area contributed by atoms with E-state index in [2.05, 4.69) is 42.0 Å². The Hall–Kier alpha value is -0.910. The first-order chi connectivity index (χ1) is 8.63. The van der Waals surface area contributed by atoms with Gasteiger partial charge in [0.1, 0.15) is 0 Å². The Morgan fingerprint density at radius 1 is 1.44 bits per heavy atom. The summed E-state index contributed by atoms with van der Waals surface area (Å²) in [7, 11) is 4.33. The summed E-state index contributed by atoms with van der Waals surface area (Å²) in [4.78, 5) is 4.72. The zero-order valence-electron chi connectivity index (χ0n) is 11.7. The van der Waals surface area contributed by atoms with Gasteiger partial charge in [0.15, 0.2) is 0 Å². The maximum Gasteiger partial charge on any atom is 0.0637 e. The van der Waals surface area contributed by atoms with Crippen LogP contribution in [0.15, 0.2) is 12.3 Å². The highest BCUT2D eigenvalue weighted by atomic mass is 15.3. The van der Waals surface area contributed by atoms with Crippen molar-refractivity contribution >= 4 is 0 Å². The van der Waals surface area contributed by atoms with E-state index in [4.69, 9.17) is 5.73 Å². The predicted molar refractivity (Wildman–Crippen MR) is 73.4 cm³/mol. The van der Waals surface area contributed by atoms with E-state index in [0.717, 1.165) is 38.3 Å². The van der Waals surface area contributed by atoms with Crippen LogP contribution in [0.4, 0.5) is 0 Å². The van der Waals surface area contributed by atoms with Crippen LogP contribution in [-0.2, 0) is 6.54 Å². The molecule has 1 aromatic heterocycles. The second-order valence-corrected chi connectivity index (χ2v) is 5.32. The summed E-state index contributed by atoms with van der Waals surface area (Å²) in [6, 6.07) is 2.46. The fraction of sp³-hybridized carbons (Fsp3) is 0.769. The van der Waals surface area contributed by atoms with Crippen molar-refractivity contribution in [3.63, 3.8) is 0 Å². The van der Waals surface area contributed by atoms with Gasteiger partial charge in [-0.3, -0.25) is 9.58 Å². The average Bonchev–Trinajstić information content (AvgIpc) is 2.80. The average molecular weight is 251 g/mol. The van der Waals surface area contributed by atoms with Crippen LogP contribution in [0.2, 0.25) is 0 Å². The number of aryl methyl sites for hydroxylation is 1. The van der Waals surface area contributed by atoms with Gasteiger partial charge in [0.2, 0.25) is 0 Å². The molecule has 2 atom stereocenters. The highest BCUT2D eigenvalue weighted by Crippen LogP contribution is 2.21. The molecule has 5 nitrogen and oxygen atoms in total. The first-order valence-corrected chi connectivity index (χ1v) is 6.79. The Balaban J connectivity index is 2.13. The lowest BCUT2D eigenvalue weighted by molar-refractivity contribution is 0.0953. The normalized spacial score (nSPS) is 24.3. The molecule has 2 rings (SSSR count). The number of piperazine rings is 1. The molecule has 2 heterocycles. The fourth-order valence-electron chi connectivity index (χ4n) is 2.65. The number of hydrogen-bond donors (Lipinski definition) is 1. The van der Waals surface area contributed by atoms with Gasteiger partial charge in [-0.25, -0.2) is 0 Å². The fourth-order valence-corrected chi connectivity index (χ4v) is 2.65. The van der Waals surface area contributed by atoms with E-state index < -0.39 is 0 Å². The van der Waals surface area contributed by atoms with Gasteiger partial charge in [0.25, 0.3) is 0 Å². The molecule has 1 aliphatic heterocycles. The molecule has 1 saturated heterocycles. The topological polar surface area (TPSA) is 50.3 Å². The number of nitrogens with zero attached hydrogens (tertiary/aromatic N) is 4. The van der Waals surface area contributed by atoms with Crippen molar-refractivity contribution in [1.82, 2.24) is 19.6 Å². The maximum absolute atomic E-state index is 6.47. The van der Waals surface area contributed by atoms with Gasteiger partial charge in [0.05, 0.1) is 11.7 Å². The van der Waals surface area contributed by atoms with Gasteiger partial charge in [0, 0.05) is 38.4 Å². The highest BCUT2D eigenvalue weighted by Gasteiger charge is 2.30. The third kappa shape index (κ3) is 2.74. The Labute approximate surface area is 110 Å². The smallest absolute Gasteiger partial charge is 0.0637 e. The van der Waals surface area contributed by atoms with E-state index in [-0.39, 0.29) is 6.04 Å². The van der Waals surface area contributed by atoms with Crippen LogP contribution in [0, 0.1) is 0 Å². The second kappa shape index (κ2) is 5.82. The van der Waals surface area contributed by atoms with Crippen LogP contribution in [0.3, 0.4) is 0 Å². The first kappa shape index (κ1) is 13.5. The van der Waals surface area contributed by atoms with Gasteiger partial charge in [-0.05, 0) is 26.6 Å². The summed E-state index contributed by atoms with van der Waals surface area (Å²) in [5.74, 6) is 0. The van der Waals surface area contributed by atoms with Crippen LogP contribution in [0.1, 0.15) is 25.1 Å². The zero-order valence-corrected chi connectivity index (χ0v) is 11.7. The number of nitrogens with two attached hydrogens (primary N) is 1. The first-order valence-electron chi connectivity index (χ1n) is 6.79. The molecule has 5 heteroatoms. The molecule has 2 N–H and O–H groups in total. The molecule has 102 valence electrons.